The zero-order valence-electron chi connectivity index (χ0n) is 12.8. The zero-order valence-corrected chi connectivity index (χ0v) is 12.8. The summed E-state index contributed by atoms with van der Waals surface area (Å²) in [5.41, 5.74) is -0.0826. The molecule has 0 radical (unpaired) electrons. The molecule has 19 heavy (non-hydrogen) atoms. The molecule has 1 aliphatic rings. The summed E-state index contributed by atoms with van der Waals surface area (Å²) in [6.45, 7) is 7.49. The van der Waals surface area contributed by atoms with E-state index in [1.165, 1.54) is 12.8 Å². The summed E-state index contributed by atoms with van der Waals surface area (Å²) >= 11 is 0. The molecule has 0 spiro atoms. The van der Waals surface area contributed by atoms with Gasteiger partial charge in [0.25, 0.3) is 0 Å². The number of ether oxygens (including phenoxy) is 1. The van der Waals surface area contributed by atoms with Crippen LogP contribution in [0.25, 0.3) is 0 Å². The molecule has 0 heterocycles. The average molecular weight is 270 g/mol. The molecule has 4 heteroatoms. The van der Waals surface area contributed by atoms with Crippen molar-refractivity contribution < 1.29 is 9.53 Å². The number of methoxy groups -OCH3 is 1. The van der Waals surface area contributed by atoms with Gasteiger partial charge in [-0.15, -0.1) is 0 Å². The van der Waals surface area contributed by atoms with Crippen molar-refractivity contribution in [3.8, 4) is 0 Å². The summed E-state index contributed by atoms with van der Waals surface area (Å²) in [4.78, 5) is 12.4. The molecule has 0 saturated heterocycles. The van der Waals surface area contributed by atoms with Crippen LogP contribution in [0.1, 0.15) is 46.0 Å². The Morgan fingerprint density at radius 1 is 1.21 bits per heavy atom. The molecule has 0 aromatic heterocycles. The van der Waals surface area contributed by atoms with Crippen LogP contribution in [-0.4, -0.2) is 39.3 Å². The number of amides is 1. The molecule has 1 amide bonds. The fourth-order valence-electron chi connectivity index (χ4n) is 3.11. The number of carbonyl (C=O) groups is 1. The third kappa shape index (κ3) is 5.49. The average Bonchev–Trinajstić information content (AvgIpc) is 2.82. The van der Waals surface area contributed by atoms with Crippen LogP contribution in [0.5, 0.6) is 0 Å². The van der Waals surface area contributed by atoms with Crippen LogP contribution in [0, 0.1) is 11.3 Å². The Hall–Kier alpha value is -0.610. The maximum Gasteiger partial charge on any atom is 0.226 e. The molecule has 0 bridgehead atoms. The zero-order chi connectivity index (χ0) is 14.1. The molecular weight excluding hydrogens is 240 g/mol. The van der Waals surface area contributed by atoms with Crippen LogP contribution >= 0.6 is 0 Å². The van der Waals surface area contributed by atoms with Crippen molar-refractivity contribution in [2.24, 2.45) is 11.3 Å². The molecule has 4 nitrogen and oxygen atoms in total. The standard InChI is InChI=1S/C15H30N2O2/c1-13(2)12-15(6-4-5-7-15)14(18)17-9-8-16-10-11-19-3/h13,16H,4-12H2,1-3H3,(H,17,18). The van der Waals surface area contributed by atoms with Crippen LogP contribution in [0.3, 0.4) is 0 Å². The van der Waals surface area contributed by atoms with Gasteiger partial charge in [-0.25, -0.2) is 0 Å². The molecule has 0 aliphatic heterocycles. The topological polar surface area (TPSA) is 50.4 Å². The summed E-state index contributed by atoms with van der Waals surface area (Å²) in [6.07, 6.45) is 5.55. The Kier molecular flexibility index (Phi) is 7.39. The van der Waals surface area contributed by atoms with Crippen molar-refractivity contribution in [1.82, 2.24) is 10.6 Å². The fraction of sp³-hybridized carbons (Fsp3) is 0.933. The van der Waals surface area contributed by atoms with Gasteiger partial charge in [0, 0.05) is 32.2 Å². The largest absolute Gasteiger partial charge is 0.383 e. The minimum Gasteiger partial charge on any atom is -0.383 e. The predicted molar refractivity (Wildman–Crippen MR) is 78.1 cm³/mol. The Morgan fingerprint density at radius 2 is 1.89 bits per heavy atom. The van der Waals surface area contributed by atoms with Gasteiger partial charge in [-0.3, -0.25) is 4.79 Å². The van der Waals surface area contributed by atoms with E-state index < -0.39 is 0 Å². The smallest absolute Gasteiger partial charge is 0.226 e. The maximum atomic E-state index is 12.4. The van der Waals surface area contributed by atoms with E-state index in [1.807, 2.05) is 0 Å². The van der Waals surface area contributed by atoms with Crippen molar-refractivity contribution in [3.05, 3.63) is 0 Å². The summed E-state index contributed by atoms with van der Waals surface area (Å²) in [6, 6.07) is 0. The van der Waals surface area contributed by atoms with Crippen LogP contribution in [-0.2, 0) is 9.53 Å². The third-order valence-electron chi connectivity index (χ3n) is 3.91. The summed E-state index contributed by atoms with van der Waals surface area (Å²) in [5, 5.41) is 6.35. The molecule has 1 rings (SSSR count). The fourth-order valence-corrected chi connectivity index (χ4v) is 3.11. The van der Waals surface area contributed by atoms with Gasteiger partial charge < -0.3 is 15.4 Å². The van der Waals surface area contributed by atoms with Gasteiger partial charge in [0.05, 0.1) is 6.61 Å². The van der Waals surface area contributed by atoms with Gasteiger partial charge in [-0.05, 0) is 25.2 Å². The van der Waals surface area contributed by atoms with E-state index >= 15 is 0 Å². The van der Waals surface area contributed by atoms with Gasteiger partial charge >= 0.3 is 0 Å². The van der Waals surface area contributed by atoms with Crippen LogP contribution in [0.2, 0.25) is 0 Å². The van der Waals surface area contributed by atoms with Crippen molar-refractivity contribution in [1.29, 1.82) is 0 Å². The van der Waals surface area contributed by atoms with Crippen molar-refractivity contribution >= 4 is 5.91 Å². The lowest BCUT2D eigenvalue weighted by molar-refractivity contribution is -0.131. The lowest BCUT2D eigenvalue weighted by atomic mass is 9.77. The molecule has 0 aromatic carbocycles. The van der Waals surface area contributed by atoms with Crippen molar-refractivity contribution in [2.75, 3.05) is 33.4 Å². The number of carbonyl (C=O) groups excluding carboxylic acids is 1. The lowest BCUT2D eigenvalue weighted by Gasteiger charge is -2.29. The highest BCUT2D eigenvalue weighted by atomic mass is 16.5. The van der Waals surface area contributed by atoms with Crippen molar-refractivity contribution in [2.45, 2.75) is 46.0 Å². The maximum absolute atomic E-state index is 12.4. The van der Waals surface area contributed by atoms with Crippen molar-refractivity contribution in [3.63, 3.8) is 0 Å². The first-order chi connectivity index (χ1) is 9.10. The van der Waals surface area contributed by atoms with E-state index in [0.717, 1.165) is 32.4 Å². The second-order valence-electron chi connectivity index (χ2n) is 6.08. The quantitative estimate of drug-likeness (QED) is 0.630. The number of rotatable bonds is 9. The highest BCUT2D eigenvalue weighted by Crippen LogP contribution is 2.43. The molecule has 112 valence electrons. The highest BCUT2D eigenvalue weighted by molar-refractivity contribution is 5.82. The van der Waals surface area contributed by atoms with E-state index in [2.05, 4.69) is 24.5 Å². The SMILES string of the molecule is COCCNCCNC(=O)C1(CC(C)C)CCCC1. The highest BCUT2D eigenvalue weighted by Gasteiger charge is 2.40. The number of hydrogen-bond donors (Lipinski definition) is 2. The van der Waals surface area contributed by atoms with Crippen LogP contribution < -0.4 is 10.6 Å². The molecule has 0 atom stereocenters. The summed E-state index contributed by atoms with van der Waals surface area (Å²) in [5.74, 6) is 0.857. The first kappa shape index (κ1) is 16.4. The minimum absolute atomic E-state index is 0.0826. The second-order valence-corrected chi connectivity index (χ2v) is 6.08. The van der Waals surface area contributed by atoms with Gasteiger partial charge in [0.1, 0.15) is 0 Å². The molecule has 1 aliphatic carbocycles. The van der Waals surface area contributed by atoms with Gasteiger partial charge in [0.15, 0.2) is 0 Å². The molecule has 0 unspecified atom stereocenters. The molecule has 0 aromatic rings. The number of nitrogens with one attached hydrogen (secondary N) is 2. The van der Waals surface area contributed by atoms with E-state index in [-0.39, 0.29) is 11.3 Å². The first-order valence-corrected chi connectivity index (χ1v) is 7.59. The molecular formula is C15H30N2O2. The van der Waals surface area contributed by atoms with Crippen LogP contribution in [0.15, 0.2) is 0 Å². The molecule has 1 saturated carbocycles. The molecule has 1 fully saturated rings. The number of hydrogen-bond acceptors (Lipinski definition) is 3. The Balaban J connectivity index is 2.29. The van der Waals surface area contributed by atoms with Gasteiger partial charge in [0.2, 0.25) is 5.91 Å². The summed E-state index contributed by atoms with van der Waals surface area (Å²) in [7, 11) is 1.69. The first-order valence-electron chi connectivity index (χ1n) is 7.59. The predicted octanol–water partition coefficient (Wildman–Crippen LogP) is 1.95. The Bertz CT molecular complexity index is 261. The van der Waals surface area contributed by atoms with E-state index in [1.54, 1.807) is 7.11 Å². The molecule has 2 N–H and O–H groups in total. The Labute approximate surface area is 117 Å². The summed E-state index contributed by atoms with van der Waals surface area (Å²) < 4.78 is 4.96. The van der Waals surface area contributed by atoms with E-state index in [4.69, 9.17) is 4.74 Å². The van der Waals surface area contributed by atoms with Crippen LogP contribution in [0.4, 0.5) is 0 Å². The Morgan fingerprint density at radius 3 is 2.47 bits per heavy atom. The van der Waals surface area contributed by atoms with Gasteiger partial charge in [-0.2, -0.15) is 0 Å². The second kappa shape index (κ2) is 8.54. The lowest BCUT2D eigenvalue weighted by Crippen LogP contribution is -2.42. The van der Waals surface area contributed by atoms with E-state index in [0.29, 0.717) is 19.1 Å². The third-order valence-corrected chi connectivity index (χ3v) is 3.91. The van der Waals surface area contributed by atoms with Gasteiger partial charge in [-0.1, -0.05) is 26.7 Å². The normalized spacial score (nSPS) is 17.9. The monoisotopic (exact) mass is 270 g/mol. The minimum atomic E-state index is -0.0826. The van der Waals surface area contributed by atoms with E-state index in [9.17, 15) is 4.79 Å².